The van der Waals surface area contributed by atoms with Crippen molar-refractivity contribution in [1.29, 1.82) is 0 Å². The first kappa shape index (κ1) is 15.2. The molecule has 1 amide bonds. The molecule has 1 atom stereocenters. The first-order chi connectivity index (χ1) is 10.5. The number of nitrogens with zero attached hydrogens (tertiary/aromatic N) is 1. The van der Waals surface area contributed by atoms with Crippen molar-refractivity contribution in [2.45, 2.75) is 12.5 Å². The van der Waals surface area contributed by atoms with Gasteiger partial charge in [-0.25, -0.2) is 4.79 Å². The molecule has 0 aliphatic carbocycles. The van der Waals surface area contributed by atoms with Crippen molar-refractivity contribution in [3.05, 3.63) is 42.3 Å². The zero-order chi connectivity index (χ0) is 16.1. The number of carboxylic acid groups (broad SMARTS) is 2. The molecule has 0 spiro atoms. The van der Waals surface area contributed by atoms with Gasteiger partial charge in [0.25, 0.3) is 5.91 Å². The molecule has 3 N–H and O–H groups in total. The molecule has 0 aliphatic heterocycles. The van der Waals surface area contributed by atoms with Gasteiger partial charge in [0.1, 0.15) is 11.7 Å². The number of aromatic nitrogens is 1. The van der Waals surface area contributed by atoms with Crippen LogP contribution in [-0.4, -0.2) is 39.1 Å². The first-order valence-electron chi connectivity index (χ1n) is 6.23. The van der Waals surface area contributed by atoms with E-state index in [0.717, 1.165) is 0 Å². The summed E-state index contributed by atoms with van der Waals surface area (Å²) in [6.45, 7) is 0. The van der Waals surface area contributed by atoms with Crippen LogP contribution in [0.1, 0.15) is 16.8 Å². The van der Waals surface area contributed by atoms with Gasteiger partial charge in [-0.05, 0) is 24.3 Å². The van der Waals surface area contributed by atoms with E-state index in [-0.39, 0.29) is 5.56 Å². The normalized spacial score (nSPS) is 11.6. The summed E-state index contributed by atoms with van der Waals surface area (Å²) in [6.07, 6.45) is 2.12. The van der Waals surface area contributed by atoms with E-state index in [1.54, 1.807) is 12.1 Å². The van der Waals surface area contributed by atoms with Crippen LogP contribution in [0.25, 0.3) is 11.5 Å². The largest absolute Gasteiger partial charge is 0.481 e. The zero-order valence-electron chi connectivity index (χ0n) is 11.2. The quantitative estimate of drug-likeness (QED) is 0.725. The number of amides is 1. The summed E-state index contributed by atoms with van der Waals surface area (Å²) in [5.74, 6) is -2.99. The maximum atomic E-state index is 12.0. The summed E-state index contributed by atoms with van der Waals surface area (Å²) in [5.41, 5.74) is 0.556. The molecule has 2 aromatic heterocycles. The Labute approximate surface area is 124 Å². The molecule has 8 heteroatoms. The van der Waals surface area contributed by atoms with Gasteiger partial charge in [-0.2, -0.15) is 0 Å². The predicted molar refractivity (Wildman–Crippen MR) is 73.1 cm³/mol. The summed E-state index contributed by atoms with van der Waals surface area (Å²) < 4.78 is 5.16. The minimum absolute atomic E-state index is 0.151. The molecule has 2 aromatic rings. The number of aliphatic carboxylic acids is 2. The fraction of sp³-hybridized carbons (Fsp3) is 0.143. The Kier molecular flexibility index (Phi) is 4.52. The van der Waals surface area contributed by atoms with Crippen LogP contribution in [0, 0.1) is 0 Å². The minimum Gasteiger partial charge on any atom is -0.481 e. The summed E-state index contributed by atoms with van der Waals surface area (Å²) in [7, 11) is 0. The molecule has 0 saturated heterocycles. The standard InChI is InChI=1S/C14H12N2O6/c17-12(18)7-10(14(20)21)16-13(19)8-3-4-15-9(6-8)11-2-1-5-22-11/h1-6,10H,7H2,(H,16,19)(H,17,18)(H,20,21)/t10-/m1/s1. The number of nitrogens with one attached hydrogen (secondary N) is 1. The summed E-state index contributed by atoms with van der Waals surface area (Å²) in [6, 6.07) is 4.63. The van der Waals surface area contributed by atoms with Crippen molar-refractivity contribution < 1.29 is 29.0 Å². The Morgan fingerprint density at radius 3 is 2.64 bits per heavy atom. The molecular formula is C14H12N2O6. The SMILES string of the molecule is O=C(O)C[C@@H](NC(=O)c1ccnc(-c2ccco2)c1)C(=O)O. The lowest BCUT2D eigenvalue weighted by Crippen LogP contribution is -2.42. The average molecular weight is 304 g/mol. The van der Waals surface area contributed by atoms with E-state index < -0.39 is 30.3 Å². The van der Waals surface area contributed by atoms with Gasteiger partial charge in [0, 0.05) is 11.8 Å². The Hall–Kier alpha value is -3.16. The van der Waals surface area contributed by atoms with Crippen molar-refractivity contribution in [3.8, 4) is 11.5 Å². The summed E-state index contributed by atoms with van der Waals surface area (Å²) >= 11 is 0. The summed E-state index contributed by atoms with van der Waals surface area (Å²) in [4.78, 5) is 37.6. The maximum Gasteiger partial charge on any atom is 0.326 e. The van der Waals surface area contributed by atoms with Crippen molar-refractivity contribution in [3.63, 3.8) is 0 Å². The Morgan fingerprint density at radius 1 is 1.27 bits per heavy atom. The van der Waals surface area contributed by atoms with E-state index in [1.165, 1.54) is 24.6 Å². The second-order valence-electron chi connectivity index (χ2n) is 4.37. The lowest BCUT2D eigenvalue weighted by molar-refractivity contribution is -0.145. The van der Waals surface area contributed by atoms with E-state index >= 15 is 0 Å². The number of pyridine rings is 1. The van der Waals surface area contributed by atoms with Gasteiger partial charge in [0.05, 0.1) is 12.7 Å². The molecule has 0 bridgehead atoms. The van der Waals surface area contributed by atoms with Crippen molar-refractivity contribution in [1.82, 2.24) is 10.3 Å². The van der Waals surface area contributed by atoms with Gasteiger partial charge in [-0.15, -0.1) is 0 Å². The highest BCUT2D eigenvalue weighted by Crippen LogP contribution is 2.18. The summed E-state index contributed by atoms with van der Waals surface area (Å²) in [5, 5.41) is 19.7. The Morgan fingerprint density at radius 2 is 2.05 bits per heavy atom. The van der Waals surface area contributed by atoms with Crippen molar-refractivity contribution in [2.75, 3.05) is 0 Å². The van der Waals surface area contributed by atoms with Crippen molar-refractivity contribution >= 4 is 17.8 Å². The molecule has 22 heavy (non-hydrogen) atoms. The minimum atomic E-state index is -1.51. The van der Waals surface area contributed by atoms with Crippen LogP contribution in [0.3, 0.4) is 0 Å². The molecule has 8 nitrogen and oxygen atoms in total. The third kappa shape index (κ3) is 3.69. The van der Waals surface area contributed by atoms with Crippen LogP contribution in [-0.2, 0) is 9.59 Å². The molecule has 0 radical (unpaired) electrons. The van der Waals surface area contributed by atoms with E-state index in [4.69, 9.17) is 14.6 Å². The van der Waals surface area contributed by atoms with E-state index in [2.05, 4.69) is 10.3 Å². The highest BCUT2D eigenvalue weighted by molar-refractivity contribution is 5.97. The second-order valence-corrected chi connectivity index (χ2v) is 4.37. The fourth-order valence-corrected chi connectivity index (χ4v) is 1.75. The lowest BCUT2D eigenvalue weighted by atomic mass is 10.1. The number of carbonyl (C=O) groups excluding carboxylic acids is 1. The van der Waals surface area contributed by atoms with Gasteiger partial charge < -0.3 is 19.9 Å². The monoisotopic (exact) mass is 304 g/mol. The zero-order valence-corrected chi connectivity index (χ0v) is 11.2. The first-order valence-corrected chi connectivity index (χ1v) is 6.23. The maximum absolute atomic E-state index is 12.0. The van der Waals surface area contributed by atoms with Crippen LogP contribution in [0.4, 0.5) is 0 Å². The lowest BCUT2D eigenvalue weighted by Gasteiger charge is -2.12. The molecule has 2 heterocycles. The molecule has 0 fully saturated rings. The number of carboxylic acids is 2. The topological polar surface area (TPSA) is 130 Å². The molecule has 0 saturated carbocycles. The highest BCUT2D eigenvalue weighted by Gasteiger charge is 2.23. The molecule has 114 valence electrons. The van der Waals surface area contributed by atoms with Crippen molar-refractivity contribution in [2.24, 2.45) is 0 Å². The molecular weight excluding hydrogens is 292 g/mol. The number of hydrogen-bond acceptors (Lipinski definition) is 5. The fourth-order valence-electron chi connectivity index (χ4n) is 1.75. The van der Waals surface area contributed by atoms with Crippen LogP contribution in [0.2, 0.25) is 0 Å². The number of hydrogen-bond donors (Lipinski definition) is 3. The number of carbonyl (C=O) groups is 3. The third-order valence-electron chi connectivity index (χ3n) is 2.78. The van der Waals surface area contributed by atoms with Gasteiger partial charge in [-0.3, -0.25) is 14.6 Å². The van der Waals surface area contributed by atoms with Gasteiger partial charge >= 0.3 is 11.9 Å². The van der Waals surface area contributed by atoms with Crippen LogP contribution in [0.15, 0.2) is 41.1 Å². The third-order valence-corrected chi connectivity index (χ3v) is 2.78. The molecule has 0 unspecified atom stereocenters. The highest BCUT2D eigenvalue weighted by atomic mass is 16.4. The van der Waals surface area contributed by atoms with Crippen LogP contribution < -0.4 is 5.32 Å². The van der Waals surface area contributed by atoms with E-state index in [1.807, 2.05) is 0 Å². The second kappa shape index (κ2) is 6.53. The Bertz CT molecular complexity index is 695. The Balaban J connectivity index is 2.17. The van der Waals surface area contributed by atoms with Gasteiger partial charge in [-0.1, -0.05) is 0 Å². The number of rotatable bonds is 6. The predicted octanol–water partition coefficient (Wildman–Crippen LogP) is 0.999. The van der Waals surface area contributed by atoms with Crippen LogP contribution in [0.5, 0.6) is 0 Å². The van der Waals surface area contributed by atoms with Gasteiger partial charge in [0.2, 0.25) is 0 Å². The van der Waals surface area contributed by atoms with E-state index in [0.29, 0.717) is 11.5 Å². The smallest absolute Gasteiger partial charge is 0.326 e. The average Bonchev–Trinajstić information content (AvgIpc) is 3.00. The van der Waals surface area contributed by atoms with Crippen LogP contribution >= 0.6 is 0 Å². The molecule has 2 rings (SSSR count). The molecule has 0 aromatic carbocycles. The molecule has 0 aliphatic rings. The van der Waals surface area contributed by atoms with Gasteiger partial charge in [0.15, 0.2) is 5.76 Å². The number of furan rings is 1. The van der Waals surface area contributed by atoms with E-state index in [9.17, 15) is 14.4 Å².